The average molecular weight is 321 g/mol. The lowest BCUT2D eigenvalue weighted by molar-refractivity contribution is -0.125. The Labute approximate surface area is 135 Å². The Morgan fingerprint density at radius 1 is 1.26 bits per heavy atom. The first-order valence-corrected chi connectivity index (χ1v) is 8.28. The number of aliphatic hydroxyl groups excluding tert-OH is 1. The molecule has 1 aliphatic carbocycles. The zero-order valence-electron chi connectivity index (χ0n) is 13.1. The van der Waals surface area contributed by atoms with Crippen molar-refractivity contribution in [1.82, 2.24) is 5.32 Å². The third-order valence-corrected chi connectivity index (χ3v) is 4.98. The van der Waals surface area contributed by atoms with Crippen LogP contribution in [0.3, 0.4) is 0 Å². The summed E-state index contributed by atoms with van der Waals surface area (Å²) in [6.07, 6.45) is 2.00. The number of nitrogens with zero attached hydrogens (tertiary/aromatic N) is 1. The highest BCUT2D eigenvalue weighted by atomic mass is 19.1. The van der Waals surface area contributed by atoms with Crippen LogP contribution in [0.4, 0.5) is 10.1 Å². The van der Waals surface area contributed by atoms with Crippen LogP contribution in [0.2, 0.25) is 0 Å². The van der Waals surface area contributed by atoms with Crippen LogP contribution in [0.1, 0.15) is 25.7 Å². The van der Waals surface area contributed by atoms with E-state index < -0.39 is 6.10 Å². The number of benzene rings is 1. The number of nitrogens with one attached hydrogen (secondary N) is 1. The Morgan fingerprint density at radius 3 is 2.57 bits per heavy atom. The molecule has 1 saturated carbocycles. The predicted molar refractivity (Wildman–Crippen MR) is 86.5 cm³/mol. The van der Waals surface area contributed by atoms with Crippen LogP contribution in [-0.2, 0) is 4.79 Å². The van der Waals surface area contributed by atoms with Gasteiger partial charge in [0.25, 0.3) is 0 Å². The van der Waals surface area contributed by atoms with Crippen LogP contribution in [0.5, 0.6) is 0 Å². The number of aliphatic hydroxyl groups is 1. The predicted octanol–water partition coefficient (Wildman–Crippen LogP) is 1.01. The zero-order valence-corrected chi connectivity index (χ0v) is 13.1. The molecular formula is C17H24FN3O2. The molecule has 0 aromatic heterocycles. The van der Waals surface area contributed by atoms with Gasteiger partial charge in [-0.25, -0.2) is 4.39 Å². The molecule has 0 bridgehead atoms. The van der Waals surface area contributed by atoms with Gasteiger partial charge in [-0.15, -0.1) is 0 Å². The zero-order chi connectivity index (χ0) is 16.4. The van der Waals surface area contributed by atoms with E-state index in [9.17, 15) is 14.3 Å². The van der Waals surface area contributed by atoms with Gasteiger partial charge in [0.2, 0.25) is 5.91 Å². The van der Waals surface area contributed by atoms with Crippen LogP contribution in [0.25, 0.3) is 0 Å². The standard InChI is InChI=1S/C17H24FN3O2/c18-13-3-1-2-4-15(13)21-7-5-12(6-8-21)20-17(23)11-9-14(19)16(22)10-11/h1-4,11-12,14,16,22H,5-10,19H2,(H,20,23)/t11-,14-,16-/m0/s1. The van der Waals surface area contributed by atoms with Gasteiger partial charge in [0.1, 0.15) is 5.82 Å². The molecule has 3 atom stereocenters. The Balaban J connectivity index is 1.50. The number of amides is 1. The summed E-state index contributed by atoms with van der Waals surface area (Å²) < 4.78 is 13.8. The third kappa shape index (κ3) is 3.64. The van der Waals surface area contributed by atoms with Crippen LogP contribution in [0, 0.1) is 11.7 Å². The molecule has 126 valence electrons. The normalized spacial score (nSPS) is 28.8. The summed E-state index contributed by atoms with van der Waals surface area (Å²) in [7, 11) is 0. The smallest absolute Gasteiger partial charge is 0.223 e. The lowest BCUT2D eigenvalue weighted by Crippen LogP contribution is -2.46. The number of nitrogens with two attached hydrogens (primary N) is 1. The molecular weight excluding hydrogens is 297 g/mol. The highest BCUT2D eigenvalue weighted by molar-refractivity contribution is 5.79. The van der Waals surface area contributed by atoms with Gasteiger partial charge in [-0.05, 0) is 37.8 Å². The van der Waals surface area contributed by atoms with Crippen molar-refractivity contribution in [3.05, 3.63) is 30.1 Å². The van der Waals surface area contributed by atoms with Crippen LogP contribution in [0.15, 0.2) is 24.3 Å². The number of hydrogen-bond acceptors (Lipinski definition) is 4. The number of piperidine rings is 1. The monoisotopic (exact) mass is 321 g/mol. The summed E-state index contributed by atoms with van der Waals surface area (Å²) in [5.41, 5.74) is 6.39. The number of carbonyl (C=O) groups excluding carboxylic acids is 1. The molecule has 4 N–H and O–H groups in total. The fraction of sp³-hybridized carbons (Fsp3) is 0.588. The number of halogens is 1. The highest BCUT2D eigenvalue weighted by Gasteiger charge is 2.35. The number of carbonyl (C=O) groups is 1. The van der Waals surface area contributed by atoms with E-state index in [-0.39, 0.29) is 29.7 Å². The van der Waals surface area contributed by atoms with Crippen molar-refractivity contribution in [2.75, 3.05) is 18.0 Å². The van der Waals surface area contributed by atoms with Gasteiger partial charge in [-0.2, -0.15) is 0 Å². The van der Waals surface area contributed by atoms with Gasteiger partial charge < -0.3 is 21.1 Å². The van der Waals surface area contributed by atoms with Crippen LogP contribution >= 0.6 is 0 Å². The first-order chi connectivity index (χ1) is 11.0. The lowest BCUT2D eigenvalue weighted by atomic mass is 10.0. The summed E-state index contributed by atoms with van der Waals surface area (Å²) in [4.78, 5) is 14.3. The number of rotatable bonds is 3. The van der Waals surface area contributed by atoms with E-state index in [0.717, 1.165) is 25.9 Å². The molecule has 3 rings (SSSR count). The van der Waals surface area contributed by atoms with Gasteiger partial charge in [-0.3, -0.25) is 4.79 Å². The second-order valence-corrected chi connectivity index (χ2v) is 6.62. The van der Waals surface area contributed by atoms with Crippen molar-refractivity contribution in [3.8, 4) is 0 Å². The summed E-state index contributed by atoms with van der Waals surface area (Å²) >= 11 is 0. The quantitative estimate of drug-likeness (QED) is 0.776. The van der Waals surface area contributed by atoms with Gasteiger partial charge in [-0.1, -0.05) is 12.1 Å². The van der Waals surface area contributed by atoms with E-state index in [2.05, 4.69) is 5.32 Å². The largest absolute Gasteiger partial charge is 0.391 e. The summed E-state index contributed by atoms with van der Waals surface area (Å²) in [6, 6.07) is 6.59. The molecule has 5 nitrogen and oxygen atoms in total. The number of anilines is 1. The molecule has 23 heavy (non-hydrogen) atoms. The molecule has 0 spiro atoms. The molecule has 6 heteroatoms. The summed E-state index contributed by atoms with van der Waals surface area (Å²) in [6.45, 7) is 1.44. The molecule has 0 unspecified atom stereocenters. The van der Waals surface area contributed by atoms with Gasteiger partial charge >= 0.3 is 0 Å². The molecule has 1 heterocycles. The minimum Gasteiger partial charge on any atom is -0.391 e. The Kier molecular flexibility index (Phi) is 4.82. The maximum absolute atomic E-state index is 13.8. The van der Waals surface area contributed by atoms with E-state index in [1.807, 2.05) is 11.0 Å². The Morgan fingerprint density at radius 2 is 1.96 bits per heavy atom. The van der Waals surface area contributed by atoms with Crippen molar-refractivity contribution in [3.63, 3.8) is 0 Å². The topological polar surface area (TPSA) is 78.6 Å². The van der Waals surface area contributed by atoms with E-state index in [4.69, 9.17) is 5.73 Å². The molecule has 1 aromatic carbocycles. The molecule has 1 amide bonds. The van der Waals surface area contributed by atoms with Crippen molar-refractivity contribution < 1.29 is 14.3 Å². The fourth-order valence-electron chi connectivity index (χ4n) is 3.55. The molecule has 2 aliphatic rings. The van der Waals surface area contributed by atoms with Crippen LogP contribution < -0.4 is 16.0 Å². The van der Waals surface area contributed by atoms with Crippen LogP contribution in [-0.4, -0.2) is 42.3 Å². The maximum Gasteiger partial charge on any atom is 0.223 e. The van der Waals surface area contributed by atoms with E-state index >= 15 is 0 Å². The lowest BCUT2D eigenvalue weighted by Gasteiger charge is -2.34. The molecule has 1 aliphatic heterocycles. The maximum atomic E-state index is 13.8. The second kappa shape index (κ2) is 6.84. The highest BCUT2D eigenvalue weighted by Crippen LogP contribution is 2.26. The fourth-order valence-corrected chi connectivity index (χ4v) is 3.55. The van der Waals surface area contributed by atoms with E-state index in [1.54, 1.807) is 12.1 Å². The van der Waals surface area contributed by atoms with Gasteiger partial charge in [0.15, 0.2) is 0 Å². The summed E-state index contributed by atoms with van der Waals surface area (Å²) in [5, 5.41) is 12.7. The average Bonchev–Trinajstić information content (AvgIpc) is 2.88. The molecule has 1 saturated heterocycles. The van der Waals surface area contributed by atoms with Gasteiger partial charge in [0.05, 0.1) is 11.8 Å². The van der Waals surface area contributed by atoms with Crippen molar-refractivity contribution >= 4 is 11.6 Å². The van der Waals surface area contributed by atoms with Crippen molar-refractivity contribution in [2.45, 2.75) is 43.9 Å². The first kappa shape index (κ1) is 16.2. The SMILES string of the molecule is N[C@H]1C[C@H](C(=O)NC2CCN(c3ccccc3F)CC2)C[C@@H]1O. The minimum atomic E-state index is -0.575. The third-order valence-electron chi connectivity index (χ3n) is 4.98. The Bertz CT molecular complexity index is 551. The minimum absolute atomic E-state index is 0.0126. The summed E-state index contributed by atoms with van der Waals surface area (Å²) in [5.74, 6) is -0.408. The Hall–Kier alpha value is -1.66. The van der Waals surface area contributed by atoms with Crippen molar-refractivity contribution in [1.29, 1.82) is 0 Å². The van der Waals surface area contributed by atoms with Crippen molar-refractivity contribution in [2.24, 2.45) is 11.7 Å². The number of para-hydroxylation sites is 1. The first-order valence-electron chi connectivity index (χ1n) is 8.28. The van der Waals surface area contributed by atoms with E-state index in [0.29, 0.717) is 18.5 Å². The molecule has 1 aromatic rings. The van der Waals surface area contributed by atoms with E-state index in [1.165, 1.54) is 6.07 Å². The van der Waals surface area contributed by atoms with Gasteiger partial charge in [0, 0.05) is 31.1 Å². The molecule has 0 radical (unpaired) electrons. The molecule has 2 fully saturated rings. The second-order valence-electron chi connectivity index (χ2n) is 6.62. The number of hydrogen-bond donors (Lipinski definition) is 3.